The van der Waals surface area contributed by atoms with Gasteiger partial charge in [-0.25, -0.2) is 0 Å². The van der Waals surface area contributed by atoms with E-state index in [2.05, 4.69) is 11.9 Å². The third kappa shape index (κ3) is 3.72. The molecule has 4 nitrogen and oxygen atoms in total. The van der Waals surface area contributed by atoms with Gasteiger partial charge in [0.2, 0.25) is 11.8 Å². The average Bonchev–Trinajstić information content (AvgIpc) is 2.52. The van der Waals surface area contributed by atoms with Crippen LogP contribution in [0, 0.1) is 5.92 Å². The van der Waals surface area contributed by atoms with Gasteiger partial charge >= 0.3 is 0 Å². The predicted molar refractivity (Wildman–Crippen MR) is 74.7 cm³/mol. The quantitative estimate of drug-likeness (QED) is 0.862. The molecule has 1 aliphatic heterocycles. The summed E-state index contributed by atoms with van der Waals surface area (Å²) in [5, 5.41) is 3.33. The highest BCUT2D eigenvalue weighted by molar-refractivity contribution is 6.29. The number of hydrogen-bond donors (Lipinski definition) is 1. The van der Waals surface area contributed by atoms with Crippen LogP contribution in [-0.4, -0.2) is 35.8 Å². The van der Waals surface area contributed by atoms with E-state index in [0.717, 1.165) is 25.7 Å². The van der Waals surface area contributed by atoms with E-state index < -0.39 is 0 Å². The summed E-state index contributed by atoms with van der Waals surface area (Å²) >= 11 is 5.81. The molecular formula is C14H21ClN2O2. The first-order valence-corrected chi connectivity index (χ1v) is 7.37. The number of rotatable bonds is 3. The first-order chi connectivity index (χ1) is 9.08. The van der Waals surface area contributed by atoms with Crippen molar-refractivity contribution in [2.75, 3.05) is 13.1 Å². The van der Waals surface area contributed by atoms with E-state index in [1.165, 1.54) is 6.42 Å². The Bertz CT molecular complexity index is 378. The van der Waals surface area contributed by atoms with E-state index in [1.807, 2.05) is 0 Å². The summed E-state index contributed by atoms with van der Waals surface area (Å²) in [6.07, 6.45) is 5.91. The van der Waals surface area contributed by atoms with E-state index >= 15 is 0 Å². The number of amides is 2. The Balaban J connectivity index is 2.11. The Morgan fingerprint density at radius 3 is 2.63 bits per heavy atom. The van der Waals surface area contributed by atoms with Gasteiger partial charge < -0.3 is 10.2 Å². The number of nitrogens with one attached hydrogen (secondary N) is 1. The second-order valence-corrected chi connectivity index (χ2v) is 6.00. The van der Waals surface area contributed by atoms with Crippen LogP contribution in [0.2, 0.25) is 0 Å². The minimum atomic E-state index is -0.369. The molecule has 1 aliphatic carbocycles. The highest BCUT2D eigenvalue weighted by Crippen LogP contribution is 2.28. The van der Waals surface area contributed by atoms with Crippen molar-refractivity contribution in [1.82, 2.24) is 10.2 Å². The number of carbonyl (C=O) groups is 2. The van der Waals surface area contributed by atoms with Crippen LogP contribution in [0.25, 0.3) is 0 Å². The van der Waals surface area contributed by atoms with E-state index in [-0.39, 0.29) is 23.8 Å². The molecule has 0 aromatic rings. The summed E-state index contributed by atoms with van der Waals surface area (Å²) in [4.78, 5) is 26.0. The summed E-state index contributed by atoms with van der Waals surface area (Å²) in [6.45, 7) is 4.40. The van der Waals surface area contributed by atoms with Crippen molar-refractivity contribution in [2.24, 2.45) is 5.92 Å². The lowest BCUT2D eigenvalue weighted by atomic mass is 9.83. The molecule has 2 fully saturated rings. The Labute approximate surface area is 119 Å². The molecule has 1 N–H and O–H groups in total. The van der Waals surface area contributed by atoms with E-state index in [4.69, 9.17) is 11.6 Å². The smallest absolute Gasteiger partial charge is 0.245 e. The van der Waals surface area contributed by atoms with Crippen molar-refractivity contribution < 1.29 is 9.59 Å². The SMILES string of the molecule is C=C(Cl)CN1CCC(=O)NC(C2CCCCC2)C1=O. The van der Waals surface area contributed by atoms with Crippen LogP contribution in [0.15, 0.2) is 11.6 Å². The minimum absolute atomic E-state index is 0.000417. The van der Waals surface area contributed by atoms with Crippen molar-refractivity contribution in [1.29, 1.82) is 0 Å². The summed E-state index contributed by atoms with van der Waals surface area (Å²) in [7, 11) is 0. The average molecular weight is 285 g/mol. The molecule has 106 valence electrons. The van der Waals surface area contributed by atoms with Gasteiger partial charge in [0.05, 0.1) is 6.54 Å². The lowest BCUT2D eigenvalue weighted by molar-refractivity contribution is -0.135. The third-order valence-corrected chi connectivity index (χ3v) is 4.11. The molecule has 0 aromatic heterocycles. The first kappa shape index (κ1) is 14.4. The molecule has 2 aliphatic rings. The van der Waals surface area contributed by atoms with Crippen molar-refractivity contribution in [3.63, 3.8) is 0 Å². The molecule has 0 radical (unpaired) electrons. The topological polar surface area (TPSA) is 49.4 Å². The monoisotopic (exact) mass is 284 g/mol. The highest BCUT2D eigenvalue weighted by atomic mass is 35.5. The number of carbonyl (C=O) groups excluding carboxylic acids is 2. The van der Waals surface area contributed by atoms with Gasteiger partial charge in [0.15, 0.2) is 0 Å². The van der Waals surface area contributed by atoms with Crippen LogP contribution in [0.3, 0.4) is 0 Å². The summed E-state index contributed by atoms with van der Waals surface area (Å²) in [6, 6.07) is -0.369. The van der Waals surface area contributed by atoms with E-state index in [9.17, 15) is 9.59 Å². The molecule has 0 aromatic carbocycles. The Morgan fingerprint density at radius 1 is 1.32 bits per heavy atom. The van der Waals surface area contributed by atoms with E-state index in [0.29, 0.717) is 24.5 Å². The predicted octanol–water partition coefficient (Wildman–Crippen LogP) is 2.04. The lowest BCUT2D eigenvalue weighted by Crippen LogP contribution is -2.49. The first-order valence-electron chi connectivity index (χ1n) is 6.99. The van der Waals surface area contributed by atoms with Crippen LogP contribution in [-0.2, 0) is 9.59 Å². The van der Waals surface area contributed by atoms with Gasteiger partial charge in [-0.05, 0) is 18.8 Å². The summed E-state index contributed by atoms with van der Waals surface area (Å²) in [5.74, 6) is 0.237. The Kier molecular flexibility index (Phi) is 4.86. The zero-order valence-corrected chi connectivity index (χ0v) is 11.9. The molecule has 5 heteroatoms. The lowest BCUT2D eigenvalue weighted by Gasteiger charge is -2.31. The number of nitrogens with zero attached hydrogens (tertiary/aromatic N) is 1. The molecule has 2 amide bonds. The fourth-order valence-electron chi connectivity index (χ4n) is 3.00. The maximum atomic E-state index is 12.5. The Morgan fingerprint density at radius 2 is 2.00 bits per heavy atom. The molecule has 1 saturated heterocycles. The normalized spacial score (nSPS) is 25.9. The van der Waals surface area contributed by atoms with Crippen molar-refractivity contribution >= 4 is 23.4 Å². The minimum Gasteiger partial charge on any atom is -0.344 e. The maximum absolute atomic E-state index is 12.5. The van der Waals surface area contributed by atoms with Crippen LogP contribution < -0.4 is 5.32 Å². The van der Waals surface area contributed by atoms with Crippen molar-refractivity contribution in [2.45, 2.75) is 44.6 Å². The highest BCUT2D eigenvalue weighted by Gasteiger charge is 2.35. The fraction of sp³-hybridized carbons (Fsp3) is 0.714. The van der Waals surface area contributed by atoms with E-state index in [1.54, 1.807) is 4.90 Å². The van der Waals surface area contributed by atoms with Gasteiger partial charge in [-0.3, -0.25) is 9.59 Å². The van der Waals surface area contributed by atoms with Gasteiger partial charge in [-0.1, -0.05) is 37.4 Å². The molecule has 0 bridgehead atoms. The summed E-state index contributed by atoms with van der Waals surface area (Å²) in [5.41, 5.74) is 0. The molecular weight excluding hydrogens is 264 g/mol. The molecule has 1 heterocycles. The molecule has 1 saturated carbocycles. The van der Waals surface area contributed by atoms with Gasteiger partial charge in [0.1, 0.15) is 6.04 Å². The standard InChI is InChI=1S/C14H21ClN2O2/c1-10(15)9-17-8-7-12(18)16-13(14(17)19)11-5-3-2-4-6-11/h11,13H,1-9H2,(H,16,18). The molecule has 2 rings (SSSR count). The second-order valence-electron chi connectivity index (χ2n) is 5.47. The molecule has 1 unspecified atom stereocenters. The number of hydrogen-bond acceptors (Lipinski definition) is 2. The maximum Gasteiger partial charge on any atom is 0.245 e. The van der Waals surface area contributed by atoms with Gasteiger partial charge in [0.25, 0.3) is 0 Å². The van der Waals surface area contributed by atoms with Crippen LogP contribution in [0.1, 0.15) is 38.5 Å². The molecule has 1 atom stereocenters. The second kappa shape index (κ2) is 6.42. The van der Waals surface area contributed by atoms with Gasteiger partial charge in [-0.15, -0.1) is 0 Å². The third-order valence-electron chi connectivity index (χ3n) is 3.99. The fourth-order valence-corrected chi connectivity index (χ4v) is 3.15. The van der Waals surface area contributed by atoms with Crippen molar-refractivity contribution in [3.8, 4) is 0 Å². The zero-order valence-electron chi connectivity index (χ0n) is 11.2. The summed E-state index contributed by atoms with van der Waals surface area (Å²) < 4.78 is 0. The van der Waals surface area contributed by atoms with Crippen LogP contribution in [0.4, 0.5) is 0 Å². The Hall–Kier alpha value is -1.03. The van der Waals surface area contributed by atoms with Crippen LogP contribution in [0.5, 0.6) is 0 Å². The van der Waals surface area contributed by atoms with Crippen molar-refractivity contribution in [3.05, 3.63) is 11.6 Å². The zero-order chi connectivity index (χ0) is 13.8. The molecule has 19 heavy (non-hydrogen) atoms. The van der Waals surface area contributed by atoms with Gasteiger partial charge in [0, 0.05) is 18.0 Å². The van der Waals surface area contributed by atoms with Gasteiger partial charge in [-0.2, -0.15) is 0 Å². The number of halogens is 1. The van der Waals surface area contributed by atoms with Crippen LogP contribution >= 0.6 is 11.6 Å². The largest absolute Gasteiger partial charge is 0.344 e. The molecule has 0 spiro atoms.